The maximum atomic E-state index is 8.19. The van der Waals surface area contributed by atoms with Crippen molar-refractivity contribution in [2.75, 3.05) is 11.4 Å². The number of aromatic nitrogens is 2. The second-order valence-corrected chi connectivity index (χ2v) is 4.74. The van der Waals surface area contributed by atoms with Crippen molar-refractivity contribution in [3.63, 3.8) is 0 Å². The molecule has 6 nitrogen and oxygen atoms in total. The lowest BCUT2D eigenvalue weighted by atomic mass is 10.0. The highest BCUT2D eigenvalue weighted by Gasteiger charge is 2.20. The van der Waals surface area contributed by atoms with Crippen LogP contribution < -0.4 is 16.1 Å². The van der Waals surface area contributed by atoms with Crippen molar-refractivity contribution < 1.29 is 0 Å². The number of hydrogen-bond donors (Lipinski definition) is 3. The number of hydrogen-bond acceptors (Lipinski definition) is 4. The zero-order valence-corrected chi connectivity index (χ0v) is 11.0. The molecule has 1 aromatic heterocycles. The van der Waals surface area contributed by atoms with Crippen LogP contribution in [-0.2, 0) is 6.42 Å². The van der Waals surface area contributed by atoms with Crippen LogP contribution in [0.1, 0.15) is 12.0 Å². The minimum atomic E-state index is -0.177. The number of nitrogens with zero attached hydrogens (tertiary/aromatic N) is 3. The molecule has 0 aliphatic carbocycles. The molecule has 4 N–H and O–H groups in total. The van der Waals surface area contributed by atoms with Gasteiger partial charge in [-0.15, -0.1) is 0 Å². The molecule has 0 radical (unpaired) electrons. The lowest BCUT2D eigenvalue weighted by Gasteiger charge is -2.30. The molecule has 2 heterocycles. The van der Waals surface area contributed by atoms with Crippen LogP contribution in [0.25, 0.3) is 0 Å². The fourth-order valence-electron chi connectivity index (χ4n) is 2.57. The number of nitrogens with two attached hydrogens (primary N) is 1. The third kappa shape index (κ3) is 1.95. The number of aryl methyl sites for hydroxylation is 1. The summed E-state index contributed by atoms with van der Waals surface area (Å²) in [6, 6.07) is 8.16. The number of benzene rings is 1. The van der Waals surface area contributed by atoms with E-state index in [2.05, 4.69) is 11.1 Å². The van der Waals surface area contributed by atoms with Crippen LogP contribution in [0.3, 0.4) is 0 Å². The third-order valence-electron chi connectivity index (χ3n) is 3.49. The highest BCUT2D eigenvalue weighted by Crippen LogP contribution is 2.30. The molecular formula is C14H16N6. The number of rotatable bonds is 1. The molecule has 0 spiro atoms. The Balaban J connectivity index is 2.14. The van der Waals surface area contributed by atoms with Gasteiger partial charge in [-0.2, -0.15) is 0 Å². The molecule has 3 rings (SSSR count). The minimum Gasteiger partial charge on any atom is -0.369 e. The van der Waals surface area contributed by atoms with Crippen LogP contribution in [0.4, 0.5) is 11.5 Å². The van der Waals surface area contributed by atoms with Gasteiger partial charge in [0.1, 0.15) is 0 Å². The Morgan fingerprint density at radius 2 is 2.10 bits per heavy atom. The Morgan fingerprint density at radius 3 is 2.90 bits per heavy atom. The topological polar surface area (TPSA) is 94.8 Å². The van der Waals surface area contributed by atoms with Crippen molar-refractivity contribution in [3.05, 3.63) is 47.7 Å². The van der Waals surface area contributed by atoms with Gasteiger partial charge in [-0.05, 0) is 24.5 Å². The van der Waals surface area contributed by atoms with Gasteiger partial charge in [0, 0.05) is 24.6 Å². The molecule has 20 heavy (non-hydrogen) atoms. The third-order valence-corrected chi connectivity index (χ3v) is 3.49. The largest absolute Gasteiger partial charge is 0.369 e. The maximum absolute atomic E-state index is 8.19. The standard InChI is InChI=1S/C14H16N6/c15-12-13(18-7-9-20(12)14(16)17)19-8-3-5-10-4-1-2-6-11(10)19/h1-2,4,6-7,9,15H,3,5,8H2,(H3,16,17). The first kappa shape index (κ1) is 12.4. The second kappa shape index (κ2) is 4.80. The van der Waals surface area contributed by atoms with Crippen molar-refractivity contribution in [1.82, 2.24) is 9.55 Å². The molecule has 0 amide bonds. The van der Waals surface area contributed by atoms with E-state index in [1.165, 1.54) is 16.3 Å². The van der Waals surface area contributed by atoms with E-state index in [9.17, 15) is 0 Å². The highest BCUT2D eigenvalue weighted by atomic mass is 15.2. The summed E-state index contributed by atoms with van der Waals surface area (Å²) in [5.74, 6) is 0.360. The van der Waals surface area contributed by atoms with Crippen LogP contribution >= 0.6 is 0 Å². The molecular weight excluding hydrogens is 252 g/mol. The van der Waals surface area contributed by atoms with Gasteiger partial charge in [-0.25, -0.2) is 4.98 Å². The van der Waals surface area contributed by atoms with Crippen LogP contribution in [0.2, 0.25) is 0 Å². The van der Waals surface area contributed by atoms with E-state index in [1.54, 1.807) is 6.20 Å². The summed E-state index contributed by atoms with van der Waals surface area (Å²) in [6.07, 6.45) is 5.17. The van der Waals surface area contributed by atoms with E-state index in [0.29, 0.717) is 5.82 Å². The maximum Gasteiger partial charge on any atom is 0.198 e. The molecule has 1 aliphatic rings. The van der Waals surface area contributed by atoms with E-state index >= 15 is 0 Å². The molecule has 6 heteroatoms. The first-order chi connectivity index (χ1) is 9.68. The SMILES string of the molecule is N=C(N)n1ccnc(N2CCCc3ccccc32)c1=N. The Labute approximate surface area is 116 Å². The van der Waals surface area contributed by atoms with Crippen LogP contribution in [0.15, 0.2) is 36.7 Å². The Bertz CT molecular complexity index is 718. The van der Waals surface area contributed by atoms with Crippen LogP contribution in [-0.4, -0.2) is 22.1 Å². The molecule has 0 bridgehead atoms. The molecule has 0 saturated carbocycles. The number of anilines is 2. The first-order valence-electron chi connectivity index (χ1n) is 6.50. The van der Waals surface area contributed by atoms with Gasteiger partial charge in [0.15, 0.2) is 17.3 Å². The predicted molar refractivity (Wildman–Crippen MR) is 77.2 cm³/mol. The van der Waals surface area contributed by atoms with Gasteiger partial charge in [0.25, 0.3) is 0 Å². The summed E-state index contributed by atoms with van der Waals surface area (Å²) in [6.45, 7) is 0.817. The summed E-state index contributed by atoms with van der Waals surface area (Å²) in [7, 11) is 0. The Kier molecular flexibility index (Phi) is 2.98. The summed E-state index contributed by atoms with van der Waals surface area (Å²) < 4.78 is 1.32. The Morgan fingerprint density at radius 1 is 1.30 bits per heavy atom. The molecule has 1 aliphatic heterocycles. The molecule has 1 aromatic carbocycles. The van der Waals surface area contributed by atoms with Gasteiger partial charge in [0.05, 0.1) is 0 Å². The fourth-order valence-corrected chi connectivity index (χ4v) is 2.57. The zero-order chi connectivity index (χ0) is 14.1. The van der Waals surface area contributed by atoms with Gasteiger partial charge < -0.3 is 10.6 Å². The van der Waals surface area contributed by atoms with E-state index in [-0.39, 0.29) is 11.4 Å². The Hall–Kier alpha value is -2.63. The molecule has 0 unspecified atom stereocenters. The average molecular weight is 268 g/mol. The number of para-hydroxylation sites is 1. The van der Waals surface area contributed by atoms with E-state index < -0.39 is 0 Å². The first-order valence-corrected chi connectivity index (χ1v) is 6.50. The van der Waals surface area contributed by atoms with Crippen molar-refractivity contribution in [1.29, 1.82) is 10.8 Å². The molecule has 0 atom stereocenters. The normalized spacial score (nSPS) is 13.9. The van der Waals surface area contributed by atoms with E-state index in [1.807, 2.05) is 23.1 Å². The molecule has 0 saturated heterocycles. The van der Waals surface area contributed by atoms with E-state index in [4.69, 9.17) is 16.6 Å². The quantitative estimate of drug-likeness (QED) is 0.535. The smallest absolute Gasteiger partial charge is 0.198 e. The average Bonchev–Trinajstić information content (AvgIpc) is 2.47. The van der Waals surface area contributed by atoms with Crippen LogP contribution in [0, 0.1) is 10.8 Å². The zero-order valence-electron chi connectivity index (χ0n) is 11.0. The van der Waals surface area contributed by atoms with E-state index in [0.717, 1.165) is 25.1 Å². The minimum absolute atomic E-state index is 0.136. The number of nitrogen functional groups attached to an aromatic ring is 1. The number of fused-ring (bicyclic) bond motifs is 1. The second-order valence-electron chi connectivity index (χ2n) is 4.74. The van der Waals surface area contributed by atoms with Crippen molar-refractivity contribution in [3.8, 4) is 0 Å². The fraction of sp³-hybridized carbons (Fsp3) is 0.214. The molecule has 102 valence electrons. The summed E-state index contributed by atoms with van der Waals surface area (Å²) in [5.41, 5.74) is 7.97. The molecule has 0 fully saturated rings. The molecule has 2 aromatic rings. The number of nitrogens with one attached hydrogen (secondary N) is 2. The van der Waals surface area contributed by atoms with Gasteiger partial charge in [0.2, 0.25) is 0 Å². The lowest BCUT2D eigenvalue weighted by molar-refractivity contribution is 0.746. The van der Waals surface area contributed by atoms with Gasteiger partial charge in [-0.1, -0.05) is 18.2 Å². The summed E-state index contributed by atoms with van der Waals surface area (Å²) >= 11 is 0. The van der Waals surface area contributed by atoms with Crippen molar-refractivity contribution in [2.45, 2.75) is 12.8 Å². The summed E-state index contributed by atoms with van der Waals surface area (Å²) in [5, 5.41) is 15.7. The van der Waals surface area contributed by atoms with Crippen molar-refractivity contribution >= 4 is 17.5 Å². The van der Waals surface area contributed by atoms with Gasteiger partial charge in [-0.3, -0.25) is 15.4 Å². The van der Waals surface area contributed by atoms with Gasteiger partial charge >= 0.3 is 0 Å². The monoisotopic (exact) mass is 268 g/mol. The summed E-state index contributed by atoms with van der Waals surface area (Å²) in [4.78, 5) is 6.34. The predicted octanol–water partition coefficient (Wildman–Crippen LogP) is 1.19. The van der Waals surface area contributed by atoms with Crippen LogP contribution in [0.5, 0.6) is 0 Å². The highest BCUT2D eigenvalue weighted by molar-refractivity contribution is 5.77. The lowest BCUT2D eigenvalue weighted by Crippen LogP contribution is -2.37. The van der Waals surface area contributed by atoms with Crippen molar-refractivity contribution in [2.24, 2.45) is 5.73 Å².